The molecule has 3 aromatic carbocycles. The summed E-state index contributed by atoms with van der Waals surface area (Å²) in [5.41, 5.74) is 0.352. The molecule has 1 amide bonds. The van der Waals surface area contributed by atoms with Crippen molar-refractivity contribution in [3.63, 3.8) is 0 Å². The predicted molar refractivity (Wildman–Crippen MR) is 140 cm³/mol. The molecule has 1 heterocycles. The predicted octanol–water partition coefficient (Wildman–Crippen LogP) is 5.64. The molecule has 0 spiro atoms. The van der Waals surface area contributed by atoms with Gasteiger partial charge in [-0.1, -0.05) is 48.5 Å². The van der Waals surface area contributed by atoms with Crippen molar-refractivity contribution in [1.82, 2.24) is 5.32 Å². The Morgan fingerprint density at radius 1 is 1.12 bits per heavy atom. The molecule has 3 aromatic rings. The molecule has 40 heavy (non-hydrogen) atoms. The number of carbonyl (C=O) groups excluding carboxylic acids is 2. The summed E-state index contributed by atoms with van der Waals surface area (Å²) in [7, 11) is 0. The minimum absolute atomic E-state index is 0.0752. The Labute approximate surface area is 228 Å². The fraction of sp³-hybridized carbons (Fsp3) is 0.400. The number of halogens is 3. The summed E-state index contributed by atoms with van der Waals surface area (Å²) in [5.74, 6) is -2.98. The molecule has 5 rings (SSSR count). The van der Waals surface area contributed by atoms with Gasteiger partial charge < -0.3 is 25.0 Å². The van der Waals surface area contributed by atoms with E-state index in [9.17, 15) is 33.0 Å². The first-order valence-electron chi connectivity index (χ1n) is 13.1. The standard InChI is InChI=1S/C30H30F3NO6/c1-16-27(39-15-17-7-4-3-5-8-17)29(2,34-28(38)30(31,32)33)14-22(40-16)20-12-11-19-13-18-9-6-10-21(35)23(18)26(37)24(19)25(20)36/h3-5,7-8,11-13,16,22,27,36-37H,6,9-10,14-15H2,1-2H3,(H,34,38)/t16-,22-,27+,29-/m0/s1. The van der Waals surface area contributed by atoms with Gasteiger partial charge in [-0.25, -0.2) is 0 Å². The first-order valence-corrected chi connectivity index (χ1v) is 13.1. The number of aryl methyl sites for hydroxylation is 1. The maximum Gasteiger partial charge on any atom is 0.471 e. The summed E-state index contributed by atoms with van der Waals surface area (Å²) in [6.45, 7) is 3.17. The Balaban J connectivity index is 1.52. The molecule has 3 N–H and O–H groups in total. The number of rotatable bonds is 5. The lowest BCUT2D eigenvalue weighted by molar-refractivity contribution is -0.196. The van der Waals surface area contributed by atoms with Crippen molar-refractivity contribution in [2.45, 2.75) is 76.2 Å². The number of ether oxygens (including phenoxy) is 2. The number of hydrogen-bond donors (Lipinski definition) is 3. The second-order valence-electron chi connectivity index (χ2n) is 10.8. The highest BCUT2D eigenvalue weighted by Gasteiger charge is 2.51. The van der Waals surface area contributed by atoms with Crippen LogP contribution in [0.4, 0.5) is 13.2 Å². The van der Waals surface area contributed by atoms with Gasteiger partial charge in [0.1, 0.15) is 17.6 Å². The average molecular weight is 558 g/mol. The maximum absolute atomic E-state index is 13.3. The van der Waals surface area contributed by atoms with Gasteiger partial charge in [0.15, 0.2) is 5.78 Å². The number of ketones is 1. The topological polar surface area (TPSA) is 105 Å². The monoisotopic (exact) mass is 557 g/mol. The SMILES string of the molecule is C[C@@H]1O[C@H](c2ccc3cc4c(c(O)c3c2O)C(=O)CCC4)C[C@](C)(NC(=O)C(F)(F)F)[C@@H]1OCc1ccccc1. The molecule has 1 saturated heterocycles. The number of alkyl halides is 3. The molecule has 4 atom stereocenters. The zero-order valence-electron chi connectivity index (χ0n) is 22.0. The van der Waals surface area contributed by atoms with E-state index >= 15 is 0 Å². The van der Waals surface area contributed by atoms with Crippen molar-refractivity contribution in [1.29, 1.82) is 0 Å². The van der Waals surface area contributed by atoms with E-state index in [1.165, 1.54) is 6.92 Å². The first-order chi connectivity index (χ1) is 18.9. The number of fused-ring (bicyclic) bond motifs is 2. The number of nitrogens with one attached hydrogen (secondary N) is 1. The Kier molecular flexibility index (Phi) is 7.26. The van der Waals surface area contributed by atoms with E-state index in [-0.39, 0.29) is 53.2 Å². The zero-order valence-corrected chi connectivity index (χ0v) is 22.0. The summed E-state index contributed by atoms with van der Waals surface area (Å²) in [6, 6.07) is 14.1. The first kappa shape index (κ1) is 27.9. The van der Waals surface area contributed by atoms with Crippen molar-refractivity contribution in [2.75, 3.05) is 0 Å². The Morgan fingerprint density at radius 2 is 1.85 bits per heavy atom. The zero-order chi connectivity index (χ0) is 28.8. The van der Waals surface area contributed by atoms with Gasteiger partial charge in [0.25, 0.3) is 0 Å². The van der Waals surface area contributed by atoms with Crippen LogP contribution in [0.15, 0.2) is 48.5 Å². The lowest BCUT2D eigenvalue weighted by Gasteiger charge is -2.48. The van der Waals surface area contributed by atoms with E-state index in [0.717, 1.165) is 5.56 Å². The fourth-order valence-electron chi connectivity index (χ4n) is 5.97. The summed E-state index contributed by atoms with van der Waals surface area (Å²) in [6.07, 6.45) is -6.42. The third kappa shape index (κ3) is 5.13. The van der Waals surface area contributed by atoms with Crippen molar-refractivity contribution in [2.24, 2.45) is 0 Å². The largest absolute Gasteiger partial charge is 0.507 e. The highest BCUT2D eigenvalue weighted by molar-refractivity contribution is 6.08. The summed E-state index contributed by atoms with van der Waals surface area (Å²) >= 11 is 0. The van der Waals surface area contributed by atoms with Crippen molar-refractivity contribution >= 4 is 22.5 Å². The van der Waals surface area contributed by atoms with Crippen molar-refractivity contribution in [3.05, 3.63) is 70.8 Å². The van der Waals surface area contributed by atoms with Gasteiger partial charge in [-0.05, 0) is 43.2 Å². The molecular formula is C30H30F3NO6. The van der Waals surface area contributed by atoms with Gasteiger partial charge in [0, 0.05) is 18.4 Å². The number of aromatic hydroxyl groups is 2. The molecular weight excluding hydrogens is 527 g/mol. The van der Waals surface area contributed by atoms with E-state index in [4.69, 9.17) is 9.47 Å². The number of carbonyl (C=O) groups is 2. The highest BCUT2D eigenvalue weighted by Crippen LogP contribution is 2.47. The van der Waals surface area contributed by atoms with Crippen LogP contribution >= 0.6 is 0 Å². The number of phenolic OH excluding ortho intramolecular Hbond substituents is 2. The number of benzene rings is 3. The molecule has 0 bridgehead atoms. The summed E-state index contributed by atoms with van der Waals surface area (Å²) in [5, 5.41) is 25.1. The normalized spacial score (nSPS) is 25.0. The second-order valence-corrected chi connectivity index (χ2v) is 10.8. The molecule has 0 radical (unpaired) electrons. The fourth-order valence-corrected chi connectivity index (χ4v) is 5.97. The van der Waals surface area contributed by atoms with Gasteiger partial charge >= 0.3 is 12.1 Å². The lowest BCUT2D eigenvalue weighted by atomic mass is 9.79. The average Bonchev–Trinajstić information content (AvgIpc) is 2.88. The van der Waals surface area contributed by atoms with Gasteiger partial charge in [0.2, 0.25) is 0 Å². The van der Waals surface area contributed by atoms with Crippen LogP contribution in [0.5, 0.6) is 11.5 Å². The highest BCUT2D eigenvalue weighted by atomic mass is 19.4. The van der Waals surface area contributed by atoms with E-state index < -0.39 is 35.9 Å². The molecule has 212 valence electrons. The van der Waals surface area contributed by atoms with Crippen LogP contribution < -0.4 is 5.32 Å². The second kappa shape index (κ2) is 10.4. The number of hydrogen-bond acceptors (Lipinski definition) is 6. The quantitative estimate of drug-likeness (QED) is 0.375. The maximum atomic E-state index is 13.3. The van der Waals surface area contributed by atoms with Gasteiger partial charge in [0.05, 0.1) is 35.3 Å². The Hall–Kier alpha value is -3.63. The molecule has 7 nitrogen and oxygen atoms in total. The van der Waals surface area contributed by atoms with Crippen LogP contribution in [-0.4, -0.2) is 45.8 Å². The third-order valence-corrected chi connectivity index (χ3v) is 7.81. The van der Waals surface area contributed by atoms with Crippen LogP contribution in [-0.2, 0) is 27.3 Å². The van der Waals surface area contributed by atoms with Crippen LogP contribution in [0, 0.1) is 0 Å². The minimum Gasteiger partial charge on any atom is -0.507 e. The number of amides is 1. The number of Topliss-reactive ketones (excluding diaryl/α,β-unsaturated/α-hetero) is 1. The van der Waals surface area contributed by atoms with Gasteiger partial charge in [-0.15, -0.1) is 0 Å². The van der Waals surface area contributed by atoms with Crippen LogP contribution in [0.1, 0.15) is 66.3 Å². The summed E-state index contributed by atoms with van der Waals surface area (Å²) < 4.78 is 52.2. The number of phenols is 2. The Bertz CT molecular complexity index is 1460. The third-order valence-electron chi connectivity index (χ3n) is 7.81. The van der Waals surface area contributed by atoms with Crippen LogP contribution in [0.3, 0.4) is 0 Å². The van der Waals surface area contributed by atoms with Crippen molar-refractivity contribution < 1.29 is 42.4 Å². The molecule has 0 aromatic heterocycles. The molecule has 1 aliphatic carbocycles. The van der Waals surface area contributed by atoms with Gasteiger partial charge in [-0.2, -0.15) is 13.2 Å². The van der Waals surface area contributed by atoms with E-state index in [1.807, 2.05) is 30.3 Å². The lowest BCUT2D eigenvalue weighted by Crippen LogP contribution is -2.64. The molecule has 0 saturated carbocycles. The summed E-state index contributed by atoms with van der Waals surface area (Å²) in [4.78, 5) is 24.7. The van der Waals surface area contributed by atoms with E-state index in [1.54, 1.807) is 25.1 Å². The van der Waals surface area contributed by atoms with Gasteiger partial charge in [-0.3, -0.25) is 9.59 Å². The molecule has 1 fully saturated rings. The van der Waals surface area contributed by atoms with Crippen LogP contribution in [0.25, 0.3) is 10.8 Å². The van der Waals surface area contributed by atoms with Crippen molar-refractivity contribution in [3.8, 4) is 11.5 Å². The molecule has 0 unspecified atom stereocenters. The Morgan fingerprint density at radius 3 is 2.55 bits per heavy atom. The van der Waals surface area contributed by atoms with Crippen LogP contribution in [0.2, 0.25) is 0 Å². The molecule has 10 heteroatoms. The minimum atomic E-state index is -5.12. The molecule has 1 aliphatic heterocycles. The van der Waals surface area contributed by atoms with E-state index in [2.05, 4.69) is 5.32 Å². The smallest absolute Gasteiger partial charge is 0.471 e. The van der Waals surface area contributed by atoms with E-state index in [0.29, 0.717) is 23.8 Å². The molecule has 2 aliphatic rings.